The molecule has 152 valence electrons. The number of hydrogen-bond donors (Lipinski definition) is 3. The summed E-state index contributed by atoms with van der Waals surface area (Å²) in [5.74, 6) is 0.184. The SMILES string of the molecule is CCNS(=O)(=O)c1cccc(Nc2ncc(CC(=O)c3n[nH]c(C)c3C)cn2)c1. The first-order chi connectivity index (χ1) is 13.8. The van der Waals surface area contributed by atoms with Crippen LogP contribution in [0.2, 0.25) is 0 Å². The summed E-state index contributed by atoms with van der Waals surface area (Å²) in [6.45, 7) is 5.73. The maximum atomic E-state index is 12.4. The highest BCUT2D eigenvalue weighted by Crippen LogP contribution is 2.18. The molecule has 10 heteroatoms. The van der Waals surface area contributed by atoms with Crippen molar-refractivity contribution in [2.24, 2.45) is 0 Å². The van der Waals surface area contributed by atoms with E-state index in [1.165, 1.54) is 12.1 Å². The van der Waals surface area contributed by atoms with Crippen LogP contribution in [0, 0.1) is 13.8 Å². The quantitative estimate of drug-likeness (QED) is 0.482. The zero-order chi connectivity index (χ0) is 21.0. The molecule has 0 fully saturated rings. The van der Waals surface area contributed by atoms with E-state index in [2.05, 4.69) is 30.2 Å². The molecule has 0 saturated carbocycles. The fourth-order valence-corrected chi connectivity index (χ4v) is 3.77. The Morgan fingerprint density at radius 1 is 1.17 bits per heavy atom. The number of anilines is 2. The van der Waals surface area contributed by atoms with Crippen LogP contribution in [0.15, 0.2) is 41.6 Å². The standard InChI is InChI=1S/C19H22N6O3S/c1-4-22-29(27,28)16-7-5-6-15(9-16)23-19-20-10-14(11-21-19)8-17(26)18-12(2)13(3)24-25-18/h5-7,9-11,22H,4,8H2,1-3H3,(H,24,25)(H,20,21,23). The number of carbonyl (C=O) groups is 1. The zero-order valence-corrected chi connectivity index (χ0v) is 17.2. The predicted molar refractivity (Wildman–Crippen MR) is 109 cm³/mol. The van der Waals surface area contributed by atoms with E-state index >= 15 is 0 Å². The van der Waals surface area contributed by atoms with E-state index in [0.717, 1.165) is 11.3 Å². The summed E-state index contributed by atoms with van der Waals surface area (Å²) in [6.07, 6.45) is 3.25. The zero-order valence-electron chi connectivity index (χ0n) is 16.4. The summed E-state index contributed by atoms with van der Waals surface area (Å²) in [6, 6.07) is 6.36. The normalized spacial score (nSPS) is 11.4. The van der Waals surface area contributed by atoms with E-state index in [0.29, 0.717) is 29.4 Å². The smallest absolute Gasteiger partial charge is 0.240 e. The van der Waals surface area contributed by atoms with Crippen molar-refractivity contribution >= 4 is 27.4 Å². The minimum Gasteiger partial charge on any atom is -0.324 e. The molecule has 0 amide bonds. The molecule has 3 N–H and O–H groups in total. The fraction of sp³-hybridized carbons (Fsp3) is 0.263. The van der Waals surface area contributed by atoms with Crippen LogP contribution in [-0.4, -0.2) is 40.9 Å². The lowest BCUT2D eigenvalue weighted by atomic mass is 10.1. The Balaban J connectivity index is 1.70. The summed E-state index contributed by atoms with van der Waals surface area (Å²) in [7, 11) is -3.55. The van der Waals surface area contributed by atoms with Gasteiger partial charge in [-0.3, -0.25) is 9.89 Å². The van der Waals surface area contributed by atoms with Crippen molar-refractivity contribution in [1.29, 1.82) is 0 Å². The maximum Gasteiger partial charge on any atom is 0.240 e. The van der Waals surface area contributed by atoms with Gasteiger partial charge >= 0.3 is 0 Å². The van der Waals surface area contributed by atoms with E-state index in [4.69, 9.17) is 0 Å². The van der Waals surface area contributed by atoms with E-state index < -0.39 is 10.0 Å². The summed E-state index contributed by atoms with van der Waals surface area (Å²) in [5, 5.41) is 9.81. The molecule has 0 atom stereocenters. The predicted octanol–water partition coefficient (Wildman–Crippen LogP) is 2.28. The highest BCUT2D eigenvalue weighted by atomic mass is 32.2. The largest absolute Gasteiger partial charge is 0.324 e. The topological polar surface area (TPSA) is 130 Å². The molecule has 9 nitrogen and oxygen atoms in total. The lowest BCUT2D eigenvalue weighted by Gasteiger charge is -2.08. The average Bonchev–Trinajstić information content (AvgIpc) is 3.02. The van der Waals surface area contributed by atoms with Gasteiger partial charge < -0.3 is 5.32 Å². The molecular formula is C19H22N6O3S. The van der Waals surface area contributed by atoms with Gasteiger partial charge in [0.1, 0.15) is 5.69 Å². The van der Waals surface area contributed by atoms with Gasteiger partial charge in [0.05, 0.1) is 4.90 Å². The average molecular weight is 414 g/mol. The number of aromatic amines is 1. The monoisotopic (exact) mass is 414 g/mol. The third kappa shape index (κ3) is 4.84. The van der Waals surface area contributed by atoms with Crippen molar-refractivity contribution in [2.45, 2.75) is 32.1 Å². The van der Waals surface area contributed by atoms with Crippen LogP contribution in [0.4, 0.5) is 11.6 Å². The Labute approximate surface area is 169 Å². The van der Waals surface area contributed by atoms with Crippen LogP contribution in [0.3, 0.4) is 0 Å². The lowest BCUT2D eigenvalue weighted by molar-refractivity contribution is 0.0987. The third-order valence-electron chi connectivity index (χ3n) is 4.32. The third-order valence-corrected chi connectivity index (χ3v) is 5.87. The number of Topliss-reactive ketones (excluding diaryl/α,β-unsaturated/α-hetero) is 1. The summed E-state index contributed by atoms with van der Waals surface area (Å²) in [4.78, 5) is 21.0. The molecule has 0 unspecified atom stereocenters. The van der Waals surface area contributed by atoms with Crippen LogP contribution in [0.25, 0.3) is 0 Å². The van der Waals surface area contributed by atoms with Gasteiger partial charge in [0.25, 0.3) is 0 Å². The molecule has 2 heterocycles. The van der Waals surface area contributed by atoms with Gasteiger partial charge in [0, 0.05) is 42.3 Å². The summed E-state index contributed by atoms with van der Waals surface area (Å²) in [5.41, 5.74) is 3.31. The molecule has 0 spiro atoms. The molecule has 3 aromatic rings. The number of ketones is 1. The van der Waals surface area contributed by atoms with Gasteiger partial charge in [-0.15, -0.1) is 0 Å². The number of nitrogens with zero attached hydrogens (tertiary/aromatic N) is 3. The number of H-pyrrole nitrogens is 1. The molecule has 0 aliphatic rings. The molecule has 3 rings (SSSR count). The lowest BCUT2D eigenvalue weighted by Crippen LogP contribution is -2.23. The van der Waals surface area contributed by atoms with Crippen molar-refractivity contribution in [3.63, 3.8) is 0 Å². The number of carbonyl (C=O) groups excluding carboxylic acids is 1. The van der Waals surface area contributed by atoms with Crippen molar-refractivity contribution in [2.75, 3.05) is 11.9 Å². The maximum absolute atomic E-state index is 12.4. The molecule has 0 saturated heterocycles. The molecule has 0 aliphatic heterocycles. The number of rotatable bonds is 8. The molecule has 2 aromatic heterocycles. The van der Waals surface area contributed by atoms with Crippen LogP contribution < -0.4 is 10.0 Å². The first-order valence-corrected chi connectivity index (χ1v) is 10.5. The second-order valence-electron chi connectivity index (χ2n) is 6.49. The summed E-state index contributed by atoms with van der Waals surface area (Å²) < 4.78 is 26.7. The number of aryl methyl sites for hydroxylation is 1. The van der Waals surface area contributed by atoms with Crippen LogP contribution >= 0.6 is 0 Å². The highest BCUT2D eigenvalue weighted by Gasteiger charge is 2.16. The van der Waals surface area contributed by atoms with Crippen molar-refractivity contribution in [3.05, 3.63) is 59.2 Å². The minimum absolute atomic E-state index is 0.113. The molecule has 1 aromatic carbocycles. The Hall–Kier alpha value is -3.11. The van der Waals surface area contributed by atoms with Gasteiger partial charge in [-0.25, -0.2) is 23.1 Å². The minimum atomic E-state index is -3.55. The number of aromatic nitrogens is 4. The van der Waals surface area contributed by atoms with E-state index in [-0.39, 0.29) is 17.1 Å². The Morgan fingerprint density at radius 3 is 2.52 bits per heavy atom. The van der Waals surface area contributed by atoms with Crippen molar-refractivity contribution in [3.8, 4) is 0 Å². The highest BCUT2D eigenvalue weighted by molar-refractivity contribution is 7.89. The number of nitrogens with one attached hydrogen (secondary N) is 3. The van der Waals surface area contributed by atoms with Gasteiger partial charge in [-0.1, -0.05) is 13.0 Å². The van der Waals surface area contributed by atoms with Gasteiger partial charge in [0.2, 0.25) is 16.0 Å². The van der Waals surface area contributed by atoms with Crippen molar-refractivity contribution < 1.29 is 13.2 Å². The number of benzene rings is 1. The second-order valence-corrected chi connectivity index (χ2v) is 8.26. The van der Waals surface area contributed by atoms with Crippen LogP contribution in [0.5, 0.6) is 0 Å². The second kappa shape index (κ2) is 8.50. The molecule has 0 aliphatic carbocycles. The Morgan fingerprint density at radius 2 is 1.90 bits per heavy atom. The van der Waals surface area contributed by atoms with E-state index in [1.807, 2.05) is 13.8 Å². The van der Waals surface area contributed by atoms with Crippen LogP contribution in [-0.2, 0) is 16.4 Å². The number of sulfonamides is 1. The molecular weight excluding hydrogens is 392 g/mol. The first kappa shape index (κ1) is 20.6. The van der Waals surface area contributed by atoms with Gasteiger partial charge in [-0.05, 0) is 37.6 Å². The van der Waals surface area contributed by atoms with E-state index in [1.54, 1.807) is 31.5 Å². The Bertz CT molecular complexity index is 1120. The Kier molecular flexibility index (Phi) is 6.04. The van der Waals surface area contributed by atoms with Gasteiger partial charge in [0.15, 0.2) is 5.78 Å². The van der Waals surface area contributed by atoms with Crippen LogP contribution in [0.1, 0.15) is 34.2 Å². The van der Waals surface area contributed by atoms with Gasteiger partial charge in [-0.2, -0.15) is 5.10 Å². The molecule has 0 radical (unpaired) electrons. The number of hydrogen-bond acceptors (Lipinski definition) is 7. The fourth-order valence-electron chi connectivity index (χ4n) is 2.68. The van der Waals surface area contributed by atoms with Crippen molar-refractivity contribution in [1.82, 2.24) is 24.9 Å². The molecule has 0 bridgehead atoms. The first-order valence-electron chi connectivity index (χ1n) is 9.02. The van der Waals surface area contributed by atoms with E-state index in [9.17, 15) is 13.2 Å². The summed E-state index contributed by atoms with van der Waals surface area (Å²) >= 11 is 0. The molecule has 29 heavy (non-hydrogen) atoms.